The van der Waals surface area contributed by atoms with Gasteiger partial charge in [0.2, 0.25) is 0 Å². The molecule has 10 heteroatoms. The monoisotopic (exact) mass is 422 g/mol. The molecule has 0 fully saturated rings. The minimum absolute atomic E-state index is 0.0394. The number of alkyl halides is 3. The van der Waals surface area contributed by atoms with E-state index in [2.05, 4.69) is 10.4 Å². The number of thiophene rings is 1. The fourth-order valence-corrected chi connectivity index (χ4v) is 3.49. The lowest BCUT2D eigenvalue weighted by molar-refractivity contribution is -0.137. The second-order valence-corrected chi connectivity index (χ2v) is 7.70. The zero-order chi connectivity index (χ0) is 21.3. The number of nitrogens with two attached hydrogens (primary N) is 1. The van der Waals surface area contributed by atoms with Crippen molar-refractivity contribution in [2.45, 2.75) is 26.1 Å². The first-order valence-electron chi connectivity index (χ1n) is 8.50. The van der Waals surface area contributed by atoms with Crippen LogP contribution in [0.25, 0.3) is 5.00 Å². The van der Waals surface area contributed by atoms with E-state index in [4.69, 9.17) is 5.73 Å². The van der Waals surface area contributed by atoms with Gasteiger partial charge >= 0.3 is 6.18 Å². The first-order valence-corrected chi connectivity index (χ1v) is 9.32. The molecule has 0 saturated heterocycles. The van der Waals surface area contributed by atoms with Crippen molar-refractivity contribution in [3.05, 3.63) is 74.5 Å². The van der Waals surface area contributed by atoms with E-state index in [-0.39, 0.29) is 16.9 Å². The van der Waals surface area contributed by atoms with Gasteiger partial charge in [-0.05, 0) is 55.8 Å². The van der Waals surface area contributed by atoms with Gasteiger partial charge in [-0.1, -0.05) is 0 Å². The van der Waals surface area contributed by atoms with Crippen LogP contribution in [-0.4, -0.2) is 15.7 Å². The highest BCUT2D eigenvalue weighted by Gasteiger charge is 2.31. The highest BCUT2D eigenvalue weighted by atomic mass is 32.1. The molecule has 0 saturated carbocycles. The van der Waals surface area contributed by atoms with Gasteiger partial charge in [-0.3, -0.25) is 9.59 Å². The molecule has 3 aromatic rings. The van der Waals surface area contributed by atoms with E-state index in [1.165, 1.54) is 36.5 Å². The number of nitrogen functional groups attached to an aromatic ring is 1. The zero-order valence-electron chi connectivity index (χ0n) is 15.4. The van der Waals surface area contributed by atoms with Gasteiger partial charge in [-0.2, -0.15) is 23.0 Å². The minimum atomic E-state index is -4.55. The molecule has 6 nitrogen and oxygen atoms in total. The van der Waals surface area contributed by atoms with E-state index >= 15 is 0 Å². The molecule has 0 bridgehead atoms. The lowest BCUT2D eigenvalue weighted by Gasteiger charge is -2.17. The van der Waals surface area contributed by atoms with Crippen LogP contribution in [0.4, 0.5) is 18.9 Å². The van der Waals surface area contributed by atoms with Crippen LogP contribution in [0.1, 0.15) is 39.5 Å². The summed E-state index contributed by atoms with van der Waals surface area (Å²) in [5, 5.41) is 7.22. The lowest BCUT2D eigenvalue weighted by atomic mass is 10.0. The number of nitrogens with zero attached hydrogens (tertiary/aromatic N) is 2. The summed E-state index contributed by atoms with van der Waals surface area (Å²) in [6.07, 6.45) is -4.55. The van der Waals surface area contributed by atoms with Crippen molar-refractivity contribution >= 4 is 22.9 Å². The van der Waals surface area contributed by atoms with Crippen LogP contribution in [-0.2, 0) is 6.18 Å². The van der Waals surface area contributed by atoms with Crippen LogP contribution in [0.5, 0.6) is 0 Å². The molecule has 0 spiro atoms. The smallest absolute Gasteiger partial charge is 0.399 e. The van der Waals surface area contributed by atoms with E-state index in [1.807, 2.05) is 13.0 Å². The quantitative estimate of drug-likeness (QED) is 0.628. The molecule has 0 radical (unpaired) electrons. The number of hydrogen-bond donors (Lipinski definition) is 2. The van der Waals surface area contributed by atoms with Crippen molar-refractivity contribution in [2.75, 3.05) is 5.73 Å². The molecule has 1 atom stereocenters. The highest BCUT2D eigenvalue weighted by Crippen LogP contribution is 2.32. The third-order valence-electron chi connectivity index (χ3n) is 4.12. The van der Waals surface area contributed by atoms with Crippen molar-refractivity contribution in [2.24, 2.45) is 0 Å². The zero-order valence-corrected chi connectivity index (χ0v) is 16.3. The molecular weight excluding hydrogens is 405 g/mol. The first kappa shape index (κ1) is 20.6. The predicted octanol–water partition coefficient (Wildman–Crippen LogP) is 3.69. The molecular formula is C19H17F3N4O2S. The molecule has 0 aliphatic rings. The van der Waals surface area contributed by atoms with Crippen LogP contribution < -0.4 is 16.6 Å². The number of benzene rings is 1. The SMILES string of the molecule is Cc1ccc(-n2nc(C(=O)N[C@H](C)c3cc(N)cc(C(F)(F)F)c3)ccc2=O)s1. The molecule has 1 amide bonds. The third kappa shape index (κ3) is 4.65. The third-order valence-corrected chi connectivity index (χ3v) is 5.10. The number of amides is 1. The number of aryl methyl sites for hydroxylation is 1. The Morgan fingerprint density at radius 1 is 1.21 bits per heavy atom. The van der Waals surface area contributed by atoms with E-state index < -0.39 is 29.2 Å². The summed E-state index contributed by atoms with van der Waals surface area (Å²) in [6.45, 7) is 3.41. The van der Waals surface area contributed by atoms with Gasteiger partial charge in [0.1, 0.15) is 10.7 Å². The number of carbonyl (C=O) groups is 1. The van der Waals surface area contributed by atoms with E-state index in [0.29, 0.717) is 5.00 Å². The number of hydrogen-bond acceptors (Lipinski definition) is 5. The number of aromatic nitrogens is 2. The van der Waals surface area contributed by atoms with Crippen molar-refractivity contribution < 1.29 is 18.0 Å². The highest BCUT2D eigenvalue weighted by molar-refractivity contribution is 7.14. The Labute approximate surface area is 167 Å². The van der Waals surface area contributed by atoms with E-state index in [9.17, 15) is 22.8 Å². The average Bonchev–Trinajstić information content (AvgIpc) is 3.06. The fourth-order valence-electron chi connectivity index (χ4n) is 2.67. The maximum atomic E-state index is 13.0. The van der Waals surface area contributed by atoms with Gasteiger partial charge in [0.05, 0.1) is 11.6 Å². The summed E-state index contributed by atoms with van der Waals surface area (Å²) in [5.41, 5.74) is 4.38. The largest absolute Gasteiger partial charge is 0.416 e. The van der Waals surface area contributed by atoms with E-state index in [0.717, 1.165) is 21.7 Å². The van der Waals surface area contributed by atoms with Gasteiger partial charge in [-0.25, -0.2) is 0 Å². The van der Waals surface area contributed by atoms with Crippen LogP contribution >= 0.6 is 11.3 Å². The Balaban J connectivity index is 1.86. The Bertz CT molecular complexity index is 1120. The summed E-state index contributed by atoms with van der Waals surface area (Å²) < 4.78 is 40.1. The molecule has 152 valence electrons. The topological polar surface area (TPSA) is 90.0 Å². The van der Waals surface area contributed by atoms with Crippen molar-refractivity contribution in [3.8, 4) is 5.00 Å². The van der Waals surface area contributed by atoms with Gasteiger partial charge in [0.25, 0.3) is 11.5 Å². The van der Waals surface area contributed by atoms with Crippen LogP contribution in [0, 0.1) is 6.92 Å². The maximum Gasteiger partial charge on any atom is 0.416 e. The number of rotatable bonds is 4. The normalized spacial score (nSPS) is 12.6. The van der Waals surface area contributed by atoms with Gasteiger partial charge in [0, 0.05) is 16.6 Å². The summed E-state index contributed by atoms with van der Waals surface area (Å²) in [4.78, 5) is 25.6. The molecule has 0 unspecified atom stereocenters. The minimum Gasteiger partial charge on any atom is -0.399 e. The fraction of sp³-hybridized carbons (Fsp3) is 0.211. The van der Waals surface area contributed by atoms with Crippen LogP contribution in [0.15, 0.2) is 47.3 Å². The first-order chi connectivity index (χ1) is 13.5. The second-order valence-electron chi connectivity index (χ2n) is 6.43. The summed E-state index contributed by atoms with van der Waals surface area (Å²) >= 11 is 1.34. The molecule has 3 rings (SSSR count). The Kier molecular flexibility index (Phi) is 5.47. The Hall–Kier alpha value is -3.14. The maximum absolute atomic E-state index is 13.0. The second kappa shape index (κ2) is 7.70. The number of halogens is 3. The standard InChI is InChI=1S/C19H17F3N4O2S/c1-10-3-6-17(29-10)26-16(27)5-4-15(25-26)18(28)24-11(2)12-7-13(19(20,21)22)9-14(23)8-12/h3-9,11H,23H2,1-2H3,(H,24,28)/t11-/m1/s1. The molecule has 1 aromatic carbocycles. The number of anilines is 1. The van der Waals surface area contributed by atoms with Crippen molar-refractivity contribution in [1.29, 1.82) is 0 Å². The Morgan fingerprint density at radius 2 is 1.93 bits per heavy atom. The van der Waals surface area contributed by atoms with Gasteiger partial charge < -0.3 is 11.1 Å². The molecule has 29 heavy (non-hydrogen) atoms. The lowest BCUT2D eigenvalue weighted by Crippen LogP contribution is -2.30. The van der Waals surface area contributed by atoms with Crippen LogP contribution in [0.3, 0.4) is 0 Å². The number of carbonyl (C=O) groups excluding carboxylic acids is 1. The number of nitrogens with one attached hydrogen (secondary N) is 1. The predicted molar refractivity (Wildman–Crippen MR) is 104 cm³/mol. The summed E-state index contributed by atoms with van der Waals surface area (Å²) in [7, 11) is 0. The van der Waals surface area contributed by atoms with E-state index in [1.54, 1.807) is 6.07 Å². The summed E-state index contributed by atoms with van der Waals surface area (Å²) in [6, 6.07) is 8.38. The van der Waals surface area contributed by atoms with Gasteiger partial charge in [-0.15, -0.1) is 11.3 Å². The molecule has 2 aromatic heterocycles. The molecule has 0 aliphatic carbocycles. The Morgan fingerprint density at radius 3 is 2.55 bits per heavy atom. The molecule has 2 heterocycles. The van der Waals surface area contributed by atoms with Gasteiger partial charge in [0.15, 0.2) is 0 Å². The van der Waals surface area contributed by atoms with Crippen molar-refractivity contribution in [1.82, 2.24) is 15.1 Å². The average molecular weight is 422 g/mol. The van der Waals surface area contributed by atoms with Crippen LogP contribution in [0.2, 0.25) is 0 Å². The molecule has 0 aliphatic heterocycles. The molecule has 3 N–H and O–H groups in total. The summed E-state index contributed by atoms with van der Waals surface area (Å²) in [5.74, 6) is -0.629. The van der Waals surface area contributed by atoms with Crippen molar-refractivity contribution in [3.63, 3.8) is 0 Å².